The number of aromatic nitrogens is 6. The van der Waals surface area contributed by atoms with Gasteiger partial charge in [-0.3, -0.25) is 5.10 Å². The van der Waals surface area contributed by atoms with Crippen LogP contribution in [0.5, 0.6) is 0 Å². The molecule has 2 N–H and O–H groups in total. The molecule has 2 aliphatic rings. The molecule has 1 saturated heterocycles. The van der Waals surface area contributed by atoms with Crippen molar-refractivity contribution in [3.63, 3.8) is 0 Å². The zero-order valence-corrected chi connectivity index (χ0v) is 21.6. The molecular formula is C28H30F3N7O. The summed E-state index contributed by atoms with van der Waals surface area (Å²) in [6.45, 7) is 4.93. The maximum atomic E-state index is 14.0. The second-order valence-electron chi connectivity index (χ2n) is 10.6. The van der Waals surface area contributed by atoms with E-state index in [1.807, 2.05) is 35.9 Å². The Morgan fingerprint density at radius 1 is 1.26 bits per heavy atom. The number of fused-ring (bicyclic) bond motifs is 1. The number of nitrogens with one attached hydrogen (secondary N) is 2. The lowest BCUT2D eigenvalue weighted by atomic mass is 9.75. The lowest BCUT2D eigenvalue weighted by Gasteiger charge is -2.41. The highest BCUT2D eigenvalue weighted by atomic mass is 19.4. The number of hydrogen-bond acceptors (Lipinski definition) is 6. The standard InChI is InChI=1S/C28H30F3N7O/c1-3-21(33-19-9-4-5-10-19)26-25-20(12-22(34-26)28(29,30)31)24(36-37-25)17-7-6-8-18(11-17)27(14-39-15-27)13-23-35-32-16-38(23)2/h3,6-8,11-12,16,19,21,33H,1,4-5,9-10,13-15H2,2H3,(H,36,37)/t21-/m1/s1. The predicted molar refractivity (Wildman–Crippen MR) is 140 cm³/mol. The number of benzene rings is 1. The first-order valence-electron chi connectivity index (χ1n) is 13.1. The summed E-state index contributed by atoms with van der Waals surface area (Å²) in [6, 6.07) is 8.54. The van der Waals surface area contributed by atoms with Gasteiger partial charge in [0.05, 0.1) is 30.5 Å². The van der Waals surface area contributed by atoms with Gasteiger partial charge in [-0.05, 0) is 30.5 Å². The number of ether oxygens (including phenoxy) is 1. The third-order valence-corrected chi connectivity index (χ3v) is 7.98. The third kappa shape index (κ3) is 4.74. The van der Waals surface area contributed by atoms with Crippen molar-refractivity contribution in [2.24, 2.45) is 7.05 Å². The molecule has 0 radical (unpaired) electrons. The van der Waals surface area contributed by atoms with Gasteiger partial charge in [-0.1, -0.05) is 37.1 Å². The fraction of sp³-hybridized carbons (Fsp3) is 0.429. The van der Waals surface area contributed by atoms with E-state index in [1.165, 1.54) is 0 Å². The first kappa shape index (κ1) is 25.7. The lowest BCUT2D eigenvalue weighted by molar-refractivity contribution is -0.141. The van der Waals surface area contributed by atoms with Crippen LogP contribution in [0.2, 0.25) is 0 Å². The maximum absolute atomic E-state index is 14.0. The van der Waals surface area contributed by atoms with Gasteiger partial charge in [0.2, 0.25) is 0 Å². The molecule has 1 aromatic carbocycles. The van der Waals surface area contributed by atoms with Crippen LogP contribution in [0.1, 0.15) is 54.5 Å². The summed E-state index contributed by atoms with van der Waals surface area (Å²) in [4.78, 5) is 4.06. The third-order valence-electron chi connectivity index (χ3n) is 7.98. The second-order valence-corrected chi connectivity index (χ2v) is 10.6. The topological polar surface area (TPSA) is 93.5 Å². The average Bonchev–Trinajstić information content (AvgIpc) is 3.65. The van der Waals surface area contributed by atoms with Crippen molar-refractivity contribution in [3.05, 3.63) is 72.1 Å². The summed E-state index contributed by atoms with van der Waals surface area (Å²) in [7, 11) is 1.90. The monoisotopic (exact) mass is 537 g/mol. The molecule has 0 spiro atoms. The molecular weight excluding hydrogens is 507 g/mol. The number of aromatic amines is 1. The molecule has 6 rings (SSSR count). The van der Waals surface area contributed by atoms with E-state index in [4.69, 9.17) is 4.74 Å². The second kappa shape index (κ2) is 9.87. The van der Waals surface area contributed by atoms with E-state index in [9.17, 15) is 13.2 Å². The quantitative estimate of drug-likeness (QED) is 0.306. The van der Waals surface area contributed by atoms with Gasteiger partial charge in [-0.2, -0.15) is 18.3 Å². The van der Waals surface area contributed by atoms with E-state index in [0.717, 1.165) is 43.1 Å². The van der Waals surface area contributed by atoms with Crippen molar-refractivity contribution in [3.8, 4) is 11.3 Å². The van der Waals surface area contributed by atoms with Crippen molar-refractivity contribution in [2.75, 3.05) is 13.2 Å². The summed E-state index contributed by atoms with van der Waals surface area (Å²) in [5.41, 5.74) is 1.65. The fourth-order valence-electron chi connectivity index (χ4n) is 5.72. The Hall–Kier alpha value is -3.57. The Morgan fingerprint density at radius 2 is 2.05 bits per heavy atom. The summed E-state index contributed by atoms with van der Waals surface area (Å²) < 4.78 is 49.6. The van der Waals surface area contributed by atoms with Crippen molar-refractivity contribution >= 4 is 10.9 Å². The molecule has 0 unspecified atom stereocenters. The minimum atomic E-state index is -4.61. The molecule has 11 heteroatoms. The van der Waals surface area contributed by atoms with Crippen LogP contribution < -0.4 is 5.32 Å². The minimum Gasteiger partial charge on any atom is -0.379 e. The highest BCUT2D eigenvalue weighted by Gasteiger charge is 2.42. The van der Waals surface area contributed by atoms with E-state index in [1.54, 1.807) is 12.4 Å². The van der Waals surface area contributed by atoms with Gasteiger partial charge in [0.15, 0.2) is 0 Å². The van der Waals surface area contributed by atoms with E-state index in [2.05, 4.69) is 37.3 Å². The van der Waals surface area contributed by atoms with E-state index >= 15 is 0 Å². The SMILES string of the molecule is C=C[C@@H](NC1CCCC1)c1nc(C(F)(F)F)cc2c(-c3cccc(C4(Cc5nncn5C)COC4)c3)n[nH]c12. The molecule has 0 amide bonds. The van der Waals surface area contributed by atoms with Gasteiger partial charge in [0.25, 0.3) is 0 Å². The van der Waals surface area contributed by atoms with Crippen LogP contribution in [0.4, 0.5) is 13.2 Å². The first-order valence-corrected chi connectivity index (χ1v) is 13.1. The summed E-state index contributed by atoms with van der Waals surface area (Å²) >= 11 is 0. The highest BCUT2D eigenvalue weighted by Crippen LogP contribution is 2.40. The van der Waals surface area contributed by atoms with Crippen LogP contribution in [-0.2, 0) is 29.8 Å². The molecule has 1 saturated carbocycles. The molecule has 4 heterocycles. The van der Waals surface area contributed by atoms with Crippen LogP contribution in [0.3, 0.4) is 0 Å². The van der Waals surface area contributed by atoms with Gasteiger partial charge >= 0.3 is 6.18 Å². The number of halogens is 3. The molecule has 0 bridgehead atoms. The molecule has 8 nitrogen and oxygen atoms in total. The summed E-state index contributed by atoms with van der Waals surface area (Å²) in [5.74, 6) is 0.838. The summed E-state index contributed by atoms with van der Waals surface area (Å²) in [5, 5.41) is 19.5. The number of H-pyrrole nitrogens is 1. The molecule has 1 aliphatic carbocycles. The molecule has 39 heavy (non-hydrogen) atoms. The van der Waals surface area contributed by atoms with Gasteiger partial charge < -0.3 is 14.6 Å². The largest absolute Gasteiger partial charge is 0.433 e. The van der Waals surface area contributed by atoms with Crippen LogP contribution in [0, 0.1) is 0 Å². The Balaban J connectivity index is 1.42. The van der Waals surface area contributed by atoms with Crippen LogP contribution >= 0.6 is 0 Å². The van der Waals surface area contributed by atoms with Gasteiger partial charge in [-0.15, -0.1) is 16.8 Å². The van der Waals surface area contributed by atoms with E-state index in [0.29, 0.717) is 41.8 Å². The maximum Gasteiger partial charge on any atom is 0.433 e. The minimum absolute atomic E-state index is 0.216. The molecule has 2 fully saturated rings. The highest BCUT2D eigenvalue weighted by molar-refractivity contribution is 5.94. The zero-order chi connectivity index (χ0) is 27.2. The zero-order valence-electron chi connectivity index (χ0n) is 21.6. The molecule has 3 aromatic heterocycles. The molecule has 204 valence electrons. The Kier molecular flexibility index (Phi) is 6.50. The van der Waals surface area contributed by atoms with Crippen LogP contribution in [-0.4, -0.2) is 49.2 Å². The Morgan fingerprint density at radius 3 is 2.69 bits per heavy atom. The number of pyridine rings is 1. The number of aryl methyl sites for hydroxylation is 1. The number of alkyl halides is 3. The molecule has 1 aliphatic heterocycles. The van der Waals surface area contributed by atoms with E-state index < -0.39 is 17.9 Å². The smallest absolute Gasteiger partial charge is 0.379 e. The van der Waals surface area contributed by atoms with E-state index in [-0.39, 0.29) is 17.2 Å². The Bertz CT molecular complexity index is 1500. The van der Waals surface area contributed by atoms with Crippen molar-refractivity contribution in [1.82, 2.24) is 35.3 Å². The molecule has 1 atom stereocenters. The number of nitrogens with zero attached hydrogens (tertiary/aromatic N) is 5. The number of hydrogen-bond donors (Lipinski definition) is 2. The van der Waals surface area contributed by atoms with Crippen molar-refractivity contribution in [1.29, 1.82) is 0 Å². The van der Waals surface area contributed by atoms with Gasteiger partial charge in [0.1, 0.15) is 23.5 Å². The van der Waals surface area contributed by atoms with Gasteiger partial charge in [-0.25, -0.2) is 4.98 Å². The number of rotatable bonds is 8. The van der Waals surface area contributed by atoms with Crippen LogP contribution in [0.15, 0.2) is 49.3 Å². The first-order chi connectivity index (χ1) is 18.8. The van der Waals surface area contributed by atoms with Crippen molar-refractivity contribution in [2.45, 2.75) is 55.8 Å². The summed E-state index contributed by atoms with van der Waals surface area (Å²) in [6.07, 6.45) is 3.46. The fourth-order valence-corrected chi connectivity index (χ4v) is 5.72. The molecule has 4 aromatic rings. The average molecular weight is 538 g/mol. The Labute approximate surface area is 223 Å². The van der Waals surface area contributed by atoms with Crippen LogP contribution in [0.25, 0.3) is 22.2 Å². The van der Waals surface area contributed by atoms with Gasteiger partial charge in [0, 0.05) is 35.9 Å². The predicted octanol–water partition coefficient (Wildman–Crippen LogP) is 5.04. The normalized spacial score (nSPS) is 18.4. The van der Waals surface area contributed by atoms with Crippen molar-refractivity contribution < 1.29 is 17.9 Å². The lowest BCUT2D eigenvalue weighted by Crippen LogP contribution is -2.49.